The number of aryl methyl sites for hydroxylation is 1. The summed E-state index contributed by atoms with van der Waals surface area (Å²) in [5.74, 6) is -2.89. The lowest BCUT2D eigenvalue weighted by atomic mass is 10.1. The molecule has 0 heterocycles. The first-order valence-electron chi connectivity index (χ1n) is 6.58. The largest absolute Gasteiger partial charge is 0.494 e. The fraction of sp³-hybridized carbons (Fsp3) is 0.176. The summed E-state index contributed by atoms with van der Waals surface area (Å²) in [6, 6.07) is 9.86. The second-order valence-electron chi connectivity index (χ2n) is 4.57. The molecular weight excluding hydrogens is 277 g/mol. The maximum atomic E-state index is 14.1. The molecular formula is C17H15F3O. The summed E-state index contributed by atoms with van der Waals surface area (Å²) in [5.41, 5.74) is 0.585. The Hall–Kier alpha value is -2.23. The lowest BCUT2D eigenvalue weighted by molar-refractivity contribution is 0.338. The van der Waals surface area contributed by atoms with E-state index in [0.29, 0.717) is 6.61 Å². The molecule has 0 saturated carbocycles. The van der Waals surface area contributed by atoms with Gasteiger partial charge in [-0.1, -0.05) is 29.8 Å². The quantitative estimate of drug-likeness (QED) is 0.695. The molecule has 0 spiro atoms. The third kappa shape index (κ3) is 3.45. The van der Waals surface area contributed by atoms with Gasteiger partial charge < -0.3 is 4.74 Å². The fourth-order valence-corrected chi connectivity index (χ4v) is 1.88. The molecule has 0 aliphatic carbocycles. The molecule has 0 unspecified atom stereocenters. The van der Waals surface area contributed by atoms with Crippen LogP contribution >= 0.6 is 0 Å². The molecule has 0 fully saturated rings. The Bertz CT molecular complexity index is 660. The van der Waals surface area contributed by atoms with E-state index in [1.807, 2.05) is 6.92 Å². The predicted octanol–water partition coefficient (Wildman–Crippen LogP) is 5.30. The van der Waals surface area contributed by atoms with Gasteiger partial charge in [0.1, 0.15) is 11.6 Å². The predicted molar refractivity (Wildman–Crippen MR) is 77.8 cm³/mol. The summed E-state index contributed by atoms with van der Waals surface area (Å²) in [6.07, 6.45) is 0. The third-order valence-corrected chi connectivity index (χ3v) is 2.99. The highest BCUT2D eigenvalue weighted by Crippen LogP contribution is 2.31. The minimum absolute atomic E-state index is 0.0754. The third-order valence-electron chi connectivity index (χ3n) is 2.99. The van der Waals surface area contributed by atoms with Crippen molar-refractivity contribution in [2.24, 2.45) is 0 Å². The zero-order valence-corrected chi connectivity index (χ0v) is 11.8. The van der Waals surface area contributed by atoms with Crippen LogP contribution in [-0.4, -0.2) is 6.61 Å². The van der Waals surface area contributed by atoms with E-state index in [4.69, 9.17) is 4.74 Å². The normalized spacial score (nSPS) is 12.0. The molecule has 0 amide bonds. The van der Waals surface area contributed by atoms with Crippen LogP contribution in [0.1, 0.15) is 23.6 Å². The molecule has 0 N–H and O–H groups in total. The molecule has 2 rings (SSSR count). The number of benzene rings is 2. The van der Waals surface area contributed by atoms with Crippen LogP contribution < -0.4 is 4.74 Å². The van der Waals surface area contributed by atoms with E-state index < -0.39 is 23.0 Å². The average molecular weight is 292 g/mol. The molecule has 0 aromatic heterocycles. The Morgan fingerprint density at radius 1 is 1.00 bits per heavy atom. The highest BCUT2D eigenvalue weighted by atomic mass is 19.2. The van der Waals surface area contributed by atoms with Gasteiger partial charge in [0.25, 0.3) is 0 Å². The second-order valence-corrected chi connectivity index (χ2v) is 4.57. The van der Waals surface area contributed by atoms with Crippen molar-refractivity contribution in [1.29, 1.82) is 0 Å². The van der Waals surface area contributed by atoms with Crippen LogP contribution in [0.15, 0.2) is 42.5 Å². The Labute approximate surface area is 121 Å². The van der Waals surface area contributed by atoms with Crippen LogP contribution in [0.25, 0.3) is 11.7 Å². The van der Waals surface area contributed by atoms with Gasteiger partial charge in [0.15, 0.2) is 11.7 Å². The van der Waals surface area contributed by atoms with Crippen molar-refractivity contribution in [3.05, 3.63) is 65.0 Å². The van der Waals surface area contributed by atoms with Crippen molar-refractivity contribution in [1.82, 2.24) is 0 Å². The van der Waals surface area contributed by atoms with E-state index in [0.717, 1.165) is 11.6 Å². The molecule has 110 valence electrons. The van der Waals surface area contributed by atoms with Gasteiger partial charge in [-0.25, -0.2) is 13.2 Å². The molecule has 21 heavy (non-hydrogen) atoms. The van der Waals surface area contributed by atoms with E-state index >= 15 is 0 Å². The number of halogens is 3. The summed E-state index contributed by atoms with van der Waals surface area (Å²) in [7, 11) is 0. The zero-order valence-electron chi connectivity index (χ0n) is 11.8. The highest BCUT2D eigenvalue weighted by Gasteiger charge is 2.15. The van der Waals surface area contributed by atoms with Crippen molar-refractivity contribution >= 4 is 11.7 Å². The van der Waals surface area contributed by atoms with E-state index in [1.54, 1.807) is 19.1 Å². The van der Waals surface area contributed by atoms with E-state index in [-0.39, 0.29) is 11.3 Å². The number of hydrogen-bond acceptors (Lipinski definition) is 1. The van der Waals surface area contributed by atoms with Crippen LogP contribution in [-0.2, 0) is 0 Å². The Morgan fingerprint density at radius 3 is 2.24 bits per heavy atom. The Morgan fingerprint density at radius 2 is 1.67 bits per heavy atom. The molecule has 0 radical (unpaired) electrons. The first-order valence-corrected chi connectivity index (χ1v) is 6.58. The molecule has 0 aliphatic rings. The monoisotopic (exact) mass is 292 g/mol. The lowest BCUT2D eigenvalue weighted by Crippen LogP contribution is -1.94. The number of hydrogen-bond donors (Lipinski definition) is 0. The zero-order chi connectivity index (χ0) is 15.4. The van der Waals surface area contributed by atoms with Crippen LogP contribution in [0.4, 0.5) is 13.2 Å². The summed E-state index contributed by atoms with van der Waals surface area (Å²) < 4.78 is 47.1. The molecule has 0 atom stereocenters. The van der Waals surface area contributed by atoms with Crippen molar-refractivity contribution in [2.75, 3.05) is 6.61 Å². The second kappa shape index (κ2) is 6.48. The van der Waals surface area contributed by atoms with E-state index in [2.05, 4.69) is 0 Å². The van der Waals surface area contributed by atoms with Crippen LogP contribution in [0.2, 0.25) is 0 Å². The van der Waals surface area contributed by atoms with Gasteiger partial charge in [-0.15, -0.1) is 0 Å². The minimum atomic E-state index is -1.22. The number of ether oxygens (including phenoxy) is 1. The van der Waals surface area contributed by atoms with Crippen LogP contribution in [0.3, 0.4) is 0 Å². The summed E-state index contributed by atoms with van der Waals surface area (Å²) in [4.78, 5) is 0. The standard InChI is InChI=1S/C17H15F3O/c1-3-21-13-8-9-14(15(18)10-13)17(20)16(19)12-6-4-11(2)5-7-12/h4-10H,3H2,1-2H3/b17-16+. The molecule has 4 heteroatoms. The van der Waals surface area contributed by atoms with E-state index in [1.165, 1.54) is 24.3 Å². The SMILES string of the molecule is CCOc1ccc(/C(F)=C(\F)c2ccc(C)cc2)c(F)c1. The first-order chi connectivity index (χ1) is 10.0. The minimum Gasteiger partial charge on any atom is -0.494 e. The maximum absolute atomic E-state index is 14.1. The smallest absolute Gasteiger partial charge is 0.169 e. The molecule has 0 saturated heterocycles. The van der Waals surface area contributed by atoms with E-state index in [9.17, 15) is 13.2 Å². The van der Waals surface area contributed by atoms with Gasteiger partial charge >= 0.3 is 0 Å². The topological polar surface area (TPSA) is 9.23 Å². The molecule has 1 nitrogen and oxygen atoms in total. The number of rotatable bonds is 4. The molecule has 2 aromatic rings. The molecule has 0 bridgehead atoms. The van der Waals surface area contributed by atoms with Gasteiger partial charge in [0.05, 0.1) is 6.61 Å². The van der Waals surface area contributed by atoms with Gasteiger partial charge in [0.2, 0.25) is 0 Å². The van der Waals surface area contributed by atoms with Gasteiger partial charge in [-0.3, -0.25) is 0 Å². The van der Waals surface area contributed by atoms with Crippen molar-refractivity contribution in [3.8, 4) is 5.75 Å². The van der Waals surface area contributed by atoms with Gasteiger partial charge in [-0.05, 0) is 26.0 Å². The van der Waals surface area contributed by atoms with Gasteiger partial charge in [-0.2, -0.15) is 0 Å². The Balaban J connectivity index is 2.40. The summed E-state index contributed by atoms with van der Waals surface area (Å²) >= 11 is 0. The van der Waals surface area contributed by atoms with Crippen LogP contribution in [0, 0.1) is 12.7 Å². The maximum Gasteiger partial charge on any atom is 0.169 e. The van der Waals surface area contributed by atoms with Crippen molar-refractivity contribution in [3.63, 3.8) is 0 Å². The lowest BCUT2D eigenvalue weighted by Gasteiger charge is -2.07. The van der Waals surface area contributed by atoms with Crippen LogP contribution in [0.5, 0.6) is 5.75 Å². The molecule has 0 aliphatic heterocycles. The van der Waals surface area contributed by atoms with Gasteiger partial charge in [0, 0.05) is 17.2 Å². The fourth-order valence-electron chi connectivity index (χ4n) is 1.88. The first kappa shape index (κ1) is 15.2. The summed E-state index contributed by atoms with van der Waals surface area (Å²) in [5, 5.41) is 0. The highest BCUT2D eigenvalue weighted by molar-refractivity contribution is 5.83. The van der Waals surface area contributed by atoms with Crippen molar-refractivity contribution < 1.29 is 17.9 Å². The van der Waals surface area contributed by atoms with Crippen molar-refractivity contribution in [2.45, 2.75) is 13.8 Å². The molecule has 2 aromatic carbocycles. The Kier molecular flexibility index (Phi) is 4.68. The average Bonchev–Trinajstić information content (AvgIpc) is 2.47. The summed E-state index contributed by atoms with van der Waals surface area (Å²) in [6.45, 7) is 3.96.